The molecule has 2 aromatic rings. The van der Waals surface area contributed by atoms with Gasteiger partial charge in [-0.25, -0.2) is 9.78 Å². The van der Waals surface area contributed by atoms with Crippen LogP contribution in [-0.4, -0.2) is 37.2 Å². The fraction of sp³-hybridized carbons (Fsp3) is 0.375. The molecule has 0 radical (unpaired) electrons. The molecule has 0 saturated carbocycles. The van der Waals surface area contributed by atoms with Gasteiger partial charge in [-0.3, -0.25) is 5.32 Å². The zero-order valence-corrected chi connectivity index (χ0v) is 14.2. The molecule has 0 aliphatic carbocycles. The van der Waals surface area contributed by atoms with Crippen LogP contribution in [0.4, 0.5) is 21.3 Å². The maximum absolute atomic E-state index is 12.0. The van der Waals surface area contributed by atoms with Gasteiger partial charge in [-0.05, 0) is 38.1 Å². The molecule has 1 saturated heterocycles. The summed E-state index contributed by atoms with van der Waals surface area (Å²) < 4.78 is 0. The number of anilines is 3. The highest BCUT2D eigenvalue weighted by molar-refractivity contribution is 7.15. The highest BCUT2D eigenvalue weighted by atomic mass is 32.1. The second-order valence-corrected chi connectivity index (χ2v) is 6.73. The van der Waals surface area contributed by atoms with E-state index in [1.54, 1.807) is 0 Å². The van der Waals surface area contributed by atoms with Crippen LogP contribution < -0.4 is 20.9 Å². The van der Waals surface area contributed by atoms with Crippen LogP contribution in [0.2, 0.25) is 0 Å². The fourth-order valence-electron chi connectivity index (χ4n) is 2.46. The van der Waals surface area contributed by atoms with Crippen molar-refractivity contribution in [2.24, 2.45) is 0 Å². The first-order chi connectivity index (χ1) is 11.1. The summed E-state index contributed by atoms with van der Waals surface area (Å²) in [6.07, 6.45) is 0. The standard InChI is InChI=1S/C16H21N5OS/c1-11-12(2)23-16(18-11)20-15(22)19-13-3-5-14(6-4-13)21-9-7-17-8-10-21/h3-6,17H,7-10H2,1-2H3,(H2,18,19,20,22). The number of benzene rings is 1. The molecule has 122 valence electrons. The zero-order chi connectivity index (χ0) is 16.2. The van der Waals surface area contributed by atoms with E-state index in [9.17, 15) is 4.79 Å². The van der Waals surface area contributed by atoms with Crippen LogP contribution in [0.3, 0.4) is 0 Å². The van der Waals surface area contributed by atoms with Gasteiger partial charge in [-0.2, -0.15) is 0 Å². The van der Waals surface area contributed by atoms with Crippen molar-refractivity contribution in [3.05, 3.63) is 34.8 Å². The minimum atomic E-state index is -0.270. The first-order valence-corrected chi connectivity index (χ1v) is 8.51. The third kappa shape index (κ3) is 4.00. The Hall–Kier alpha value is -2.12. The Morgan fingerprint density at radius 2 is 1.87 bits per heavy atom. The van der Waals surface area contributed by atoms with Crippen molar-refractivity contribution in [3.63, 3.8) is 0 Å². The lowest BCUT2D eigenvalue weighted by Crippen LogP contribution is -2.43. The summed E-state index contributed by atoms with van der Waals surface area (Å²) in [5, 5.41) is 9.56. The van der Waals surface area contributed by atoms with Crippen molar-refractivity contribution < 1.29 is 4.79 Å². The van der Waals surface area contributed by atoms with Crippen molar-refractivity contribution in [1.29, 1.82) is 0 Å². The average Bonchev–Trinajstić information content (AvgIpc) is 2.86. The van der Waals surface area contributed by atoms with Crippen molar-refractivity contribution in [2.75, 3.05) is 41.7 Å². The minimum Gasteiger partial charge on any atom is -0.369 e. The number of nitrogens with zero attached hydrogens (tertiary/aromatic N) is 2. The third-order valence-corrected chi connectivity index (χ3v) is 4.84. The molecule has 0 atom stereocenters. The number of hydrogen-bond donors (Lipinski definition) is 3. The van der Waals surface area contributed by atoms with E-state index < -0.39 is 0 Å². The van der Waals surface area contributed by atoms with E-state index in [4.69, 9.17) is 0 Å². The SMILES string of the molecule is Cc1nc(NC(=O)Nc2ccc(N3CCNCC3)cc2)sc1C. The molecule has 1 aliphatic rings. The fourth-order valence-corrected chi connectivity index (χ4v) is 3.27. The van der Waals surface area contributed by atoms with Gasteiger partial charge in [-0.1, -0.05) is 0 Å². The monoisotopic (exact) mass is 331 g/mol. The highest BCUT2D eigenvalue weighted by Gasteiger charge is 2.11. The molecule has 3 N–H and O–H groups in total. The number of urea groups is 1. The molecule has 23 heavy (non-hydrogen) atoms. The normalized spacial score (nSPS) is 14.6. The highest BCUT2D eigenvalue weighted by Crippen LogP contribution is 2.22. The summed E-state index contributed by atoms with van der Waals surface area (Å²) in [5.41, 5.74) is 2.90. The lowest BCUT2D eigenvalue weighted by Gasteiger charge is -2.29. The third-order valence-electron chi connectivity index (χ3n) is 3.86. The van der Waals surface area contributed by atoms with Crippen molar-refractivity contribution >= 4 is 33.9 Å². The van der Waals surface area contributed by atoms with Crippen molar-refractivity contribution in [2.45, 2.75) is 13.8 Å². The van der Waals surface area contributed by atoms with Crippen molar-refractivity contribution in [3.8, 4) is 0 Å². The molecule has 0 unspecified atom stereocenters. The molecule has 2 amide bonds. The molecule has 7 heteroatoms. The van der Waals surface area contributed by atoms with Crippen LogP contribution in [0.5, 0.6) is 0 Å². The second kappa shape index (κ2) is 6.97. The number of piperazine rings is 1. The number of carbonyl (C=O) groups excluding carboxylic acids is 1. The number of thiazole rings is 1. The first-order valence-electron chi connectivity index (χ1n) is 7.69. The van der Waals surface area contributed by atoms with Gasteiger partial charge in [0.2, 0.25) is 0 Å². The van der Waals surface area contributed by atoms with Crippen LogP contribution in [0.25, 0.3) is 0 Å². The van der Waals surface area contributed by atoms with Crippen LogP contribution in [0.1, 0.15) is 10.6 Å². The minimum absolute atomic E-state index is 0.270. The Balaban J connectivity index is 1.58. The Labute approximate surface area is 139 Å². The first kappa shape index (κ1) is 15.8. The number of carbonyl (C=O) groups is 1. The van der Waals surface area contributed by atoms with Gasteiger partial charge in [-0.15, -0.1) is 11.3 Å². The second-order valence-electron chi connectivity index (χ2n) is 5.52. The summed E-state index contributed by atoms with van der Waals surface area (Å²) in [7, 11) is 0. The van der Waals surface area contributed by atoms with E-state index in [0.717, 1.165) is 42.4 Å². The summed E-state index contributed by atoms with van der Waals surface area (Å²) >= 11 is 1.48. The smallest absolute Gasteiger partial charge is 0.325 e. The Kier molecular flexibility index (Phi) is 4.78. The lowest BCUT2D eigenvalue weighted by molar-refractivity contribution is 0.262. The zero-order valence-electron chi connectivity index (χ0n) is 13.3. The molecule has 0 spiro atoms. The van der Waals surface area contributed by atoms with Crippen LogP contribution in [-0.2, 0) is 0 Å². The number of rotatable bonds is 3. The molecule has 1 aliphatic heterocycles. The molecule has 1 fully saturated rings. The molecular formula is C16H21N5OS. The molecule has 1 aromatic heterocycles. The largest absolute Gasteiger partial charge is 0.369 e. The average molecular weight is 331 g/mol. The van der Waals surface area contributed by atoms with Crippen molar-refractivity contribution in [1.82, 2.24) is 10.3 Å². The molecule has 2 heterocycles. The van der Waals surface area contributed by atoms with E-state index in [1.165, 1.54) is 17.0 Å². The molecule has 0 bridgehead atoms. The quantitative estimate of drug-likeness (QED) is 0.809. The summed E-state index contributed by atoms with van der Waals surface area (Å²) in [5.74, 6) is 0. The van der Waals surface area contributed by atoms with E-state index >= 15 is 0 Å². The van der Waals surface area contributed by atoms with Crippen LogP contribution >= 0.6 is 11.3 Å². The van der Waals surface area contributed by atoms with Gasteiger partial charge in [0.15, 0.2) is 5.13 Å². The van der Waals surface area contributed by atoms with Gasteiger partial charge in [0.05, 0.1) is 5.69 Å². The van der Waals surface area contributed by atoms with E-state index in [1.807, 2.05) is 38.1 Å². The maximum Gasteiger partial charge on any atom is 0.325 e. The maximum atomic E-state index is 12.0. The van der Waals surface area contributed by atoms with Gasteiger partial charge in [0, 0.05) is 42.4 Å². The van der Waals surface area contributed by atoms with Gasteiger partial charge in [0.25, 0.3) is 0 Å². The van der Waals surface area contributed by atoms with E-state index in [-0.39, 0.29) is 6.03 Å². The summed E-state index contributed by atoms with van der Waals surface area (Å²) in [4.78, 5) is 19.8. The summed E-state index contributed by atoms with van der Waals surface area (Å²) in [6.45, 7) is 7.96. The Bertz CT molecular complexity index is 657. The molecule has 3 rings (SSSR count). The predicted octanol–water partition coefficient (Wildman–Crippen LogP) is 2.81. The Morgan fingerprint density at radius 3 is 2.48 bits per heavy atom. The van der Waals surface area contributed by atoms with Gasteiger partial charge in [0.1, 0.15) is 0 Å². The molecule has 6 nitrogen and oxygen atoms in total. The predicted molar refractivity (Wildman–Crippen MR) is 95.8 cm³/mol. The van der Waals surface area contributed by atoms with Gasteiger partial charge >= 0.3 is 6.03 Å². The van der Waals surface area contributed by atoms with Crippen LogP contribution in [0, 0.1) is 13.8 Å². The number of aryl methyl sites for hydroxylation is 2. The topological polar surface area (TPSA) is 69.3 Å². The lowest BCUT2D eigenvalue weighted by atomic mass is 10.2. The summed E-state index contributed by atoms with van der Waals surface area (Å²) in [6, 6.07) is 7.66. The number of nitrogens with one attached hydrogen (secondary N) is 3. The van der Waals surface area contributed by atoms with Crippen LogP contribution in [0.15, 0.2) is 24.3 Å². The number of aromatic nitrogens is 1. The molecule has 1 aromatic carbocycles. The number of hydrogen-bond acceptors (Lipinski definition) is 5. The Morgan fingerprint density at radius 1 is 1.17 bits per heavy atom. The van der Waals surface area contributed by atoms with Gasteiger partial charge < -0.3 is 15.5 Å². The molecular weight excluding hydrogens is 310 g/mol. The van der Waals surface area contributed by atoms with E-state index in [0.29, 0.717) is 5.13 Å². The number of amides is 2. The van der Waals surface area contributed by atoms with E-state index in [2.05, 4.69) is 25.8 Å².